The highest BCUT2D eigenvalue weighted by Crippen LogP contribution is 2.07. The predicted molar refractivity (Wildman–Crippen MR) is 61.2 cm³/mol. The Morgan fingerprint density at radius 3 is 2.60 bits per heavy atom. The van der Waals surface area contributed by atoms with E-state index in [1.165, 1.54) is 7.11 Å². The van der Waals surface area contributed by atoms with Gasteiger partial charge in [0.15, 0.2) is 0 Å². The molecule has 0 saturated heterocycles. The molecule has 5 heteroatoms. The Morgan fingerprint density at radius 1 is 1.27 bits per heavy atom. The quantitative estimate of drug-likeness (QED) is 0.340. The van der Waals surface area contributed by atoms with Crippen molar-refractivity contribution in [2.24, 2.45) is 0 Å². The molecule has 0 unspecified atom stereocenters. The zero-order valence-corrected chi connectivity index (χ0v) is 10.1. The number of rotatable bonds is 9. The van der Waals surface area contributed by atoms with Gasteiger partial charge < -0.3 is 14.2 Å². The summed E-state index contributed by atoms with van der Waals surface area (Å²) >= 11 is 1.60. The third kappa shape index (κ3) is 8.47. The van der Waals surface area contributed by atoms with Crippen molar-refractivity contribution in [3.8, 4) is 0 Å². The summed E-state index contributed by atoms with van der Waals surface area (Å²) < 4.78 is 14.6. The van der Waals surface area contributed by atoms with Gasteiger partial charge in [0.05, 0.1) is 26.9 Å². The third-order valence-electron chi connectivity index (χ3n) is 1.55. The van der Waals surface area contributed by atoms with Crippen LogP contribution in [0.4, 0.5) is 0 Å². The Morgan fingerprint density at radius 2 is 2.00 bits per heavy atom. The van der Waals surface area contributed by atoms with Crippen LogP contribution in [0.1, 0.15) is 0 Å². The van der Waals surface area contributed by atoms with Gasteiger partial charge in [-0.2, -0.15) is 11.8 Å². The monoisotopic (exact) mass is 234 g/mol. The molecule has 0 aromatic heterocycles. The lowest BCUT2D eigenvalue weighted by Gasteiger charge is -2.04. The lowest BCUT2D eigenvalue weighted by molar-refractivity contribution is -0.135. The average molecular weight is 234 g/mol. The maximum atomic E-state index is 10.9. The molecule has 0 N–H and O–H groups in total. The minimum Gasteiger partial charge on any atom is -0.466 e. The zero-order chi connectivity index (χ0) is 11.5. The molecule has 0 atom stereocenters. The van der Waals surface area contributed by atoms with Crippen molar-refractivity contribution < 1.29 is 19.0 Å². The minimum absolute atomic E-state index is 0.345. The van der Waals surface area contributed by atoms with Crippen molar-refractivity contribution in [3.05, 3.63) is 12.2 Å². The normalized spacial score (nSPS) is 10.0. The summed E-state index contributed by atoms with van der Waals surface area (Å²) in [5, 5.41) is 0. The Labute approximate surface area is 95.0 Å². The fourth-order valence-electron chi connectivity index (χ4n) is 0.761. The predicted octanol–water partition coefficient (Wildman–Crippen LogP) is 1.11. The molecule has 0 rings (SSSR count). The van der Waals surface area contributed by atoms with Crippen molar-refractivity contribution in [3.63, 3.8) is 0 Å². The van der Waals surface area contributed by atoms with E-state index in [4.69, 9.17) is 9.47 Å². The number of hydrogen-bond donors (Lipinski definition) is 0. The van der Waals surface area contributed by atoms with Crippen LogP contribution in [0.15, 0.2) is 12.2 Å². The number of methoxy groups -OCH3 is 2. The number of hydrogen-bond acceptors (Lipinski definition) is 5. The molecular formula is C10H18O4S. The van der Waals surface area contributed by atoms with E-state index < -0.39 is 0 Å². The molecule has 0 saturated carbocycles. The van der Waals surface area contributed by atoms with Gasteiger partial charge >= 0.3 is 5.97 Å². The van der Waals surface area contributed by atoms with Crippen molar-refractivity contribution in [1.82, 2.24) is 0 Å². The molecule has 15 heavy (non-hydrogen) atoms. The Balaban J connectivity index is 3.24. The van der Waals surface area contributed by atoms with Crippen molar-refractivity contribution in [2.45, 2.75) is 0 Å². The average Bonchev–Trinajstić information content (AvgIpc) is 2.26. The molecule has 0 bridgehead atoms. The number of ether oxygens (including phenoxy) is 3. The number of esters is 1. The van der Waals surface area contributed by atoms with E-state index in [1.54, 1.807) is 18.9 Å². The highest BCUT2D eigenvalue weighted by molar-refractivity contribution is 7.99. The molecule has 0 spiro atoms. The molecule has 0 aliphatic rings. The van der Waals surface area contributed by atoms with Crippen molar-refractivity contribution >= 4 is 17.7 Å². The van der Waals surface area contributed by atoms with Gasteiger partial charge in [0.1, 0.15) is 0 Å². The summed E-state index contributed by atoms with van der Waals surface area (Å²) in [5.74, 6) is 1.07. The summed E-state index contributed by atoms with van der Waals surface area (Å²) in [6.45, 7) is 5.49. The fraction of sp³-hybridized carbons (Fsp3) is 0.700. The SMILES string of the molecule is C=C(CSCCOCCOC)C(=O)OC. The van der Waals surface area contributed by atoms with E-state index in [1.807, 2.05) is 0 Å². The second-order valence-corrected chi connectivity index (χ2v) is 3.86. The summed E-state index contributed by atoms with van der Waals surface area (Å²) in [5.41, 5.74) is 0.486. The van der Waals surface area contributed by atoms with Crippen molar-refractivity contribution in [2.75, 3.05) is 45.5 Å². The topological polar surface area (TPSA) is 44.8 Å². The van der Waals surface area contributed by atoms with Gasteiger partial charge in [-0.3, -0.25) is 0 Å². The van der Waals surface area contributed by atoms with Gasteiger partial charge in [0.25, 0.3) is 0 Å². The third-order valence-corrected chi connectivity index (χ3v) is 2.56. The van der Waals surface area contributed by atoms with Crippen LogP contribution in [0.3, 0.4) is 0 Å². The van der Waals surface area contributed by atoms with Crippen LogP contribution in [0.5, 0.6) is 0 Å². The van der Waals surface area contributed by atoms with E-state index in [-0.39, 0.29) is 5.97 Å². The maximum absolute atomic E-state index is 10.9. The van der Waals surface area contributed by atoms with Crippen molar-refractivity contribution in [1.29, 1.82) is 0 Å². The summed E-state index contributed by atoms with van der Waals surface area (Å²) in [6, 6.07) is 0. The van der Waals surface area contributed by atoms with Crippen LogP contribution in [-0.4, -0.2) is 51.5 Å². The van der Waals surface area contributed by atoms with Gasteiger partial charge in [0, 0.05) is 24.2 Å². The largest absolute Gasteiger partial charge is 0.466 e. The number of carbonyl (C=O) groups excluding carboxylic acids is 1. The summed E-state index contributed by atoms with van der Waals surface area (Å²) in [7, 11) is 2.99. The summed E-state index contributed by atoms with van der Waals surface area (Å²) in [6.07, 6.45) is 0. The Hall–Kier alpha value is -0.520. The van der Waals surface area contributed by atoms with Crippen LogP contribution in [0.25, 0.3) is 0 Å². The zero-order valence-electron chi connectivity index (χ0n) is 9.28. The first-order chi connectivity index (χ1) is 7.22. The lowest BCUT2D eigenvalue weighted by atomic mass is 10.4. The molecule has 4 nitrogen and oxygen atoms in total. The highest BCUT2D eigenvalue weighted by Gasteiger charge is 2.05. The molecule has 0 aromatic carbocycles. The first-order valence-electron chi connectivity index (χ1n) is 4.63. The molecule has 0 heterocycles. The Kier molecular flexibility index (Phi) is 9.67. The smallest absolute Gasteiger partial charge is 0.333 e. The lowest BCUT2D eigenvalue weighted by Crippen LogP contribution is -2.08. The van der Waals surface area contributed by atoms with E-state index in [0.29, 0.717) is 31.1 Å². The van der Waals surface area contributed by atoms with Crippen LogP contribution in [0.2, 0.25) is 0 Å². The molecular weight excluding hydrogens is 216 g/mol. The van der Waals surface area contributed by atoms with Gasteiger partial charge in [-0.15, -0.1) is 0 Å². The molecule has 0 aliphatic heterocycles. The van der Waals surface area contributed by atoms with Crippen LogP contribution in [0, 0.1) is 0 Å². The van der Waals surface area contributed by atoms with Crippen LogP contribution < -0.4 is 0 Å². The van der Waals surface area contributed by atoms with Gasteiger partial charge in [-0.25, -0.2) is 4.79 Å². The van der Waals surface area contributed by atoms with E-state index in [9.17, 15) is 4.79 Å². The molecule has 0 aliphatic carbocycles. The number of thioether (sulfide) groups is 1. The van der Waals surface area contributed by atoms with Gasteiger partial charge in [-0.05, 0) is 0 Å². The Bertz CT molecular complexity index is 194. The van der Waals surface area contributed by atoms with E-state index >= 15 is 0 Å². The second-order valence-electron chi connectivity index (χ2n) is 2.75. The van der Waals surface area contributed by atoms with Gasteiger partial charge in [-0.1, -0.05) is 6.58 Å². The molecule has 0 aromatic rings. The molecule has 0 radical (unpaired) electrons. The highest BCUT2D eigenvalue weighted by atomic mass is 32.2. The standard InChI is InChI=1S/C10H18O4S/c1-9(10(11)13-3)8-15-7-6-14-5-4-12-2/h1,4-8H2,2-3H3. The first kappa shape index (κ1) is 14.5. The van der Waals surface area contributed by atoms with E-state index in [0.717, 1.165) is 5.75 Å². The molecule has 0 fully saturated rings. The fourth-order valence-corrected chi connectivity index (χ4v) is 1.51. The molecule has 88 valence electrons. The van der Waals surface area contributed by atoms with E-state index in [2.05, 4.69) is 11.3 Å². The first-order valence-corrected chi connectivity index (χ1v) is 5.78. The van der Waals surface area contributed by atoms with Crippen LogP contribution in [-0.2, 0) is 19.0 Å². The van der Waals surface area contributed by atoms with Crippen LogP contribution >= 0.6 is 11.8 Å². The maximum Gasteiger partial charge on any atom is 0.333 e. The second kappa shape index (κ2) is 10.0. The van der Waals surface area contributed by atoms with Gasteiger partial charge in [0.2, 0.25) is 0 Å². The minimum atomic E-state index is -0.345. The molecule has 0 amide bonds. The number of carbonyl (C=O) groups is 1. The summed E-state index contributed by atoms with van der Waals surface area (Å²) in [4.78, 5) is 10.9.